The third kappa shape index (κ3) is 4.07. The van der Waals surface area contributed by atoms with Gasteiger partial charge in [0.25, 0.3) is 0 Å². The van der Waals surface area contributed by atoms with Gasteiger partial charge in [-0.3, -0.25) is 4.79 Å². The van der Waals surface area contributed by atoms with Gasteiger partial charge in [0, 0.05) is 31.8 Å². The topological polar surface area (TPSA) is 62.8 Å². The van der Waals surface area contributed by atoms with E-state index in [0.717, 1.165) is 57.8 Å². The van der Waals surface area contributed by atoms with E-state index in [-0.39, 0.29) is 25.1 Å². The summed E-state index contributed by atoms with van der Waals surface area (Å²) in [4.78, 5) is 14.9. The quantitative estimate of drug-likeness (QED) is 0.726. The van der Waals surface area contributed by atoms with Crippen molar-refractivity contribution in [1.29, 1.82) is 0 Å². The summed E-state index contributed by atoms with van der Waals surface area (Å²) in [5.74, 6) is 1.59. The predicted molar refractivity (Wildman–Crippen MR) is 106 cm³/mol. The normalized spacial score (nSPS) is 38.9. The highest BCUT2D eigenvalue weighted by atomic mass is 16.6. The number of hydrogen-bond donors (Lipinski definition) is 2. The molecule has 0 aromatic carbocycles. The molecular formula is C20H36BN3O3. The fourth-order valence-corrected chi connectivity index (χ4v) is 5.49. The van der Waals surface area contributed by atoms with Gasteiger partial charge in [-0.1, -0.05) is 13.8 Å². The van der Waals surface area contributed by atoms with Crippen molar-refractivity contribution < 1.29 is 14.1 Å². The molecule has 0 unspecified atom stereocenters. The van der Waals surface area contributed by atoms with Crippen LogP contribution in [0.15, 0.2) is 0 Å². The molecule has 1 aliphatic carbocycles. The molecule has 0 spiro atoms. The molecule has 7 heteroatoms. The third-order valence-corrected chi connectivity index (χ3v) is 7.65. The van der Waals surface area contributed by atoms with Crippen LogP contribution in [0, 0.1) is 17.3 Å². The Balaban J connectivity index is 1.37. The fraction of sp³-hybridized carbons (Fsp3) is 0.950. The van der Waals surface area contributed by atoms with E-state index in [2.05, 4.69) is 31.4 Å². The first-order valence-corrected chi connectivity index (χ1v) is 11.0. The van der Waals surface area contributed by atoms with Crippen LogP contribution in [0.4, 0.5) is 0 Å². The number of amides is 1. The summed E-state index contributed by atoms with van der Waals surface area (Å²) >= 11 is 0. The lowest BCUT2D eigenvalue weighted by atomic mass is 9.54. The zero-order valence-corrected chi connectivity index (χ0v) is 17.2. The van der Waals surface area contributed by atoms with E-state index in [1.165, 1.54) is 6.42 Å². The van der Waals surface area contributed by atoms with Gasteiger partial charge >= 0.3 is 7.12 Å². The summed E-state index contributed by atoms with van der Waals surface area (Å²) in [5, 5.41) is 6.75. The number of nitrogens with one attached hydrogen (secondary N) is 2. The van der Waals surface area contributed by atoms with Crippen LogP contribution in [0.2, 0.25) is 0 Å². The molecule has 5 aliphatic rings. The van der Waals surface area contributed by atoms with Gasteiger partial charge in [0.2, 0.25) is 5.91 Å². The van der Waals surface area contributed by atoms with E-state index in [1.807, 2.05) is 4.90 Å². The van der Waals surface area contributed by atoms with E-state index in [9.17, 15) is 4.79 Å². The van der Waals surface area contributed by atoms with Crippen molar-refractivity contribution >= 4 is 13.0 Å². The van der Waals surface area contributed by atoms with Gasteiger partial charge in [-0.2, -0.15) is 0 Å². The average molecular weight is 377 g/mol. The van der Waals surface area contributed by atoms with Crippen LogP contribution in [0.5, 0.6) is 0 Å². The standard InChI is InChI=1S/C20H36BN3O3/c1-14-9-15-10-16(20(15,2)3)13-26-21(27-14)18-5-4-8-24(18)19(25)12-23-17-6-7-22-11-17/h14-18,22-23H,4-13H2,1-3H3/t14-,15+,16+,17+,18-/m0/s1. The highest BCUT2D eigenvalue weighted by Gasteiger charge is 2.51. The Labute approximate surface area is 164 Å². The summed E-state index contributed by atoms with van der Waals surface area (Å²) in [7, 11) is -0.283. The molecule has 1 amide bonds. The summed E-state index contributed by atoms with van der Waals surface area (Å²) in [6.45, 7) is 10.9. The van der Waals surface area contributed by atoms with Gasteiger partial charge in [-0.15, -0.1) is 0 Å². The zero-order chi connectivity index (χ0) is 19.0. The molecule has 27 heavy (non-hydrogen) atoms. The largest absolute Gasteiger partial charge is 0.481 e. The van der Waals surface area contributed by atoms with Crippen molar-refractivity contribution in [3.63, 3.8) is 0 Å². The Morgan fingerprint density at radius 1 is 1.30 bits per heavy atom. The predicted octanol–water partition coefficient (Wildman–Crippen LogP) is 1.44. The molecule has 5 fully saturated rings. The average Bonchev–Trinajstić information content (AvgIpc) is 3.32. The zero-order valence-electron chi connectivity index (χ0n) is 17.2. The van der Waals surface area contributed by atoms with Gasteiger partial charge in [-0.25, -0.2) is 0 Å². The first-order valence-electron chi connectivity index (χ1n) is 11.0. The molecule has 5 atom stereocenters. The van der Waals surface area contributed by atoms with Crippen LogP contribution in [0.1, 0.15) is 52.9 Å². The number of carbonyl (C=O) groups excluding carboxylic acids is 1. The molecule has 4 saturated heterocycles. The molecule has 6 nitrogen and oxygen atoms in total. The summed E-state index contributed by atoms with van der Waals surface area (Å²) in [6.07, 6.45) is 5.64. The van der Waals surface area contributed by atoms with E-state index in [4.69, 9.17) is 9.31 Å². The third-order valence-electron chi connectivity index (χ3n) is 7.65. The van der Waals surface area contributed by atoms with Crippen LogP contribution in [-0.2, 0) is 14.1 Å². The Kier molecular flexibility index (Phi) is 5.84. The van der Waals surface area contributed by atoms with Crippen molar-refractivity contribution in [3.05, 3.63) is 0 Å². The minimum Gasteiger partial charge on any atom is -0.410 e. The van der Waals surface area contributed by atoms with Gasteiger partial charge in [-0.05, 0) is 62.8 Å². The molecule has 4 aliphatic heterocycles. The summed E-state index contributed by atoms with van der Waals surface area (Å²) in [6, 6.07) is 0.418. The van der Waals surface area contributed by atoms with Gasteiger partial charge in [0.1, 0.15) is 0 Å². The monoisotopic (exact) mass is 377 g/mol. The van der Waals surface area contributed by atoms with Gasteiger partial charge < -0.3 is 24.8 Å². The number of hydrogen-bond acceptors (Lipinski definition) is 5. The molecule has 4 heterocycles. The first kappa shape index (κ1) is 19.7. The summed E-state index contributed by atoms with van der Waals surface area (Å²) < 4.78 is 12.7. The molecule has 0 aromatic heterocycles. The SMILES string of the molecule is C[C@H]1C[C@@H]2C[C@H](COB([C@@H]3CCCN3C(=O)CN[C@@H]3CCNC3)O1)C2(C)C. The molecule has 2 N–H and O–H groups in total. The Morgan fingerprint density at radius 3 is 2.89 bits per heavy atom. The van der Waals surface area contributed by atoms with Crippen molar-refractivity contribution in [2.24, 2.45) is 17.3 Å². The highest BCUT2D eigenvalue weighted by Crippen LogP contribution is 2.54. The Morgan fingerprint density at radius 2 is 2.15 bits per heavy atom. The Bertz CT molecular complexity index is 541. The van der Waals surface area contributed by atoms with Crippen LogP contribution >= 0.6 is 0 Å². The van der Waals surface area contributed by atoms with Crippen LogP contribution in [0.25, 0.3) is 0 Å². The van der Waals surface area contributed by atoms with Gasteiger partial charge in [0.05, 0.1) is 12.5 Å². The lowest BCUT2D eigenvalue weighted by molar-refractivity contribution is -0.130. The first-order chi connectivity index (χ1) is 12.9. The second kappa shape index (κ2) is 8.01. The summed E-state index contributed by atoms with van der Waals surface area (Å²) in [5.41, 5.74) is 0.344. The Hall–Kier alpha value is -0.625. The highest BCUT2D eigenvalue weighted by molar-refractivity contribution is 6.47. The van der Waals surface area contributed by atoms with Crippen LogP contribution in [0.3, 0.4) is 0 Å². The van der Waals surface area contributed by atoms with E-state index in [0.29, 0.717) is 23.9 Å². The van der Waals surface area contributed by atoms with Crippen molar-refractivity contribution in [3.8, 4) is 0 Å². The number of nitrogens with zero attached hydrogens (tertiary/aromatic N) is 1. The lowest BCUT2D eigenvalue weighted by Gasteiger charge is -2.52. The van der Waals surface area contributed by atoms with Gasteiger partial charge in [0.15, 0.2) is 0 Å². The second-order valence-corrected chi connectivity index (χ2v) is 9.70. The van der Waals surface area contributed by atoms with Crippen molar-refractivity contribution in [2.75, 3.05) is 32.8 Å². The van der Waals surface area contributed by atoms with E-state index < -0.39 is 0 Å². The number of likely N-dealkylation sites (tertiary alicyclic amines) is 1. The molecule has 1 saturated carbocycles. The minimum atomic E-state index is -0.283. The number of rotatable bonds is 4. The minimum absolute atomic E-state index is 0.0573. The maximum Gasteiger partial charge on any atom is 0.481 e. The van der Waals surface area contributed by atoms with Crippen LogP contribution < -0.4 is 10.6 Å². The fourth-order valence-electron chi connectivity index (χ4n) is 5.49. The molecule has 2 bridgehead atoms. The number of carbonyl (C=O) groups is 1. The maximum absolute atomic E-state index is 12.9. The van der Waals surface area contributed by atoms with E-state index in [1.54, 1.807) is 0 Å². The molecule has 0 radical (unpaired) electrons. The molecule has 0 aromatic rings. The van der Waals surface area contributed by atoms with Crippen LogP contribution in [-0.4, -0.2) is 68.8 Å². The van der Waals surface area contributed by atoms with Crippen molar-refractivity contribution in [2.45, 2.75) is 71.0 Å². The molecule has 5 rings (SSSR count). The second-order valence-electron chi connectivity index (χ2n) is 9.70. The molecule has 152 valence electrons. The number of fused-ring (bicyclic) bond motifs is 5. The molecular weight excluding hydrogens is 341 g/mol. The lowest BCUT2D eigenvalue weighted by Crippen LogP contribution is -2.52. The van der Waals surface area contributed by atoms with E-state index >= 15 is 0 Å². The smallest absolute Gasteiger partial charge is 0.410 e. The van der Waals surface area contributed by atoms with Crippen molar-refractivity contribution in [1.82, 2.24) is 15.5 Å². The maximum atomic E-state index is 12.9.